The second-order valence-electron chi connectivity index (χ2n) is 5.94. The number of hydrogen-bond donors (Lipinski definition) is 2. The molecule has 1 saturated heterocycles. The van der Waals surface area contributed by atoms with Crippen LogP contribution in [0.4, 0.5) is 5.69 Å². The van der Waals surface area contributed by atoms with Crippen molar-refractivity contribution in [2.75, 3.05) is 25.0 Å². The number of nitrogens with zero attached hydrogens (tertiary/aromatic N) is 3. The number of hydrogen-bond acceptors (Lipinski definition) is 4. The number of nitrogens with one attached hydrogen (secondary N) is 2. The maximum atomic E-state index is 12.6. The molecule has 0 radical (unpaired) electrons. The zero-order valence-electron chi connectivity index (χ0n) is 14.4. The number of aromatic nitrogens is 2. The third kappa shape index (κ3) is 5.11. The first-order valence-corrected chi connectivity index (χ1v) is 7.93. The molecule has 8 heteroatoms. The lowest BCUT2D eigenvalue weighted by atomic mass is 10.1. The Bertz CT molecular complexity index is 664. The summed E-state index contributed by atoms with van der Waals surface area (Å²) in [5.74, 6) is 0.000381. The summed E-state index contributed by atoms with van der Waals surface area (Å²) in [5, 5.41) is 10.4. The molecule has 25 heavy (non-hydrogen) atoms. The van der Waals surface area contributed by atoms with Crippen LogP contribution >= 0.6 is 24.8 Å². The minimum absolute atomic E-state index is 0. The van der Waals surface area contributed by atoms with Crippen molar-refractivity contribution in [3.8, 4) is 0 Å². The van der Waals surface area contributed by atoms with Crippen LogP contribution in [0.15, 0.2) is 42.7 Å². The van der Waals surface area contributed by atoms with Crippen LogP contribution in [0.1, 0.15) is 18.0 Å². The van der Waals surface area contributed by atoms with Gasteiger partial charge in [0.1, 0.15) is 6.04 Å². The lowest BCUT2D eigenvalue weighted by Crippen LogP contribution is -2.43. The van der Waals surface area contributed by atoms with Gasteiger partial charge in [0.15, 0.2) is 0 Å². The summed E-state index contributed by atoms with van der Waals surface area (Å²) >= 11 is 0. The summed E-state index contributed by atoms with van der Waals surface area (Å²) in [7, 11) is 3.64. The van der Waals surface area contributed by atoms with Gasteiger partial charge in [-0.3, -0.25) is 9.48 Å². The van der Waals surface area contributed by atoms with Crippen molar-refractivity contribution in [1.29, 1.82) is 0 Å². The summed E-state index contributed by atoms with van der Waals surface area (Å²) in [4.78, 5) is 14.9. The number of amides is 1. The summed E-state index contributed by atoms with van der Waals surface area (Å²) < 4.78 is 1.71. The van der Waals surface area contributed by atoms with E-state index >= 15 is 0 Å². The number of halogens is 2. The second kappa shape index (κ2) is 9.65. The third-order valence-corrected chi connectivity index (χ3v) is 4.27. The predicted octanol–water partition coefficient (Wildman–Crippen LogP) is 1.92. The summed E-state index contributed by atoms with van der Waals surface area (Å²) in [6.07, 6.45) is 4.56. The van der Waals surface area contributed by atoms with E-state index in [-0.39, 0.29) is 42.8 Å². The van der Waals surface area contributed by atoms with Crippen molar-refractivity contribution >= 4 is 36.4 Å². The van der Waals surface area contributed by atoms with Gasteiger partial charge in [-0.15, -0.1) is 24.8 Å². The lowest BCUT2D eigenvalue weighted by Gasteiger charge is -2.21. The molecule has 0 saturated carbocycles. The van der Waals surface area contributed by atoms with Gasteiger partial charge in [0.05, 0.1) is 6.20 Å². The molecule has 1 amide bonds. The van der Waals surface area contributed by atoms with Crippen LogP contribution in [0.5, 0.6) is 0 Å². The first-order valence-electron chi connectivity index (χ1n) is 7.93. The molecule has 2 heterocycles. The maximum Gasteiger partial charge on any atom is 0.242 e. The van der Waals surface area contributed by atoms with Crippen LogP contribution in [-0.2, 0) is 11.8 Å². The smallest absolute Gasteiger partial charge is 0.242 e. The Morgan fingerprint density at radius 1 is 1.28 bits per heavy atom. The third-order valence-electron chi connectivity index (χ3n) is 4.27. The van der Waals surface area contributed by atoms with Crippen LogP contribution in [0.25, 0.3) is 0 Å². The summed E-state index contributed by atoms with van der Waals surface area (Å²) in [6, 6.07) is 10.1. The highest BCUT2D eigenvalue weighted by molar-refractivity contribution is 5.85. The minimum Gasteiger partial charge on any atom is -0.369 e. The second-order valence-corrected chi connectivity index (χ2v) is 5.94. The van der Waals surface area contributed by atoms with Crippen molar-refractivity contribution in [2.45, 2.75) is 18.5 Å². The molecule has 1 aliphatic heterocycles. The fourth-order valence-electron chi connectivity index (χ4n) is 3.07. The molecule has 1 aromatic heterocycles. The SMILES string of the molecule is CNC(C(=O)NC1CCN(c2ccccc2)C1)c1cnn(C)c1.Cl.Cl. The zero-order chi connectivity index (χ0) is 16.2. The molecular formula is C17H25Cl2N5O. The molecule has 6 nitrogen and oxygen atoms in total. The largest absolute Gasteiger partial charge is 0.369 e. The molecule has 1 fully saturated rings. The van der Waals surface area contributed by atoms with Crippen molar-refractivity contribution in [1.82, 2.24) is 20.4 Å². The van der Waals surface area contributed by atoms with Crippen molar-refractivity contribution in [3.63, 3.8) is 0 Å². The van der Waals surface area contributed by atoms with Gasteiger partial charge in [0.2, 0.25) is 5.91 Å². The normalized spacial score (nSPS) is 17.4. The summed E-state index contributed by atoms with van der Waals surface area (Å²) in [5.41, 5.74) is 2.09. The van der Waals surface area contributed by atoms with E-state index in [0.717, 1.165) is 25.1 Å². The molecule has 0 bridgehead atoms. The van der Waals surface area contributed by atoms with Crippen molar-refractivity contribution < 1.29 is 4.79 Å². The Balaban J connectivity index is 0.00000156. The standard InChI is InChI=1S/C17H23N5O.2ClH/c1-18-16(13-10-19-21(2)11-13)17(23)20-14-8-9-22(12-14)15-6-4-3-5-7-15;;/h3-7,10-11,14,16,18H,8-9,12H2,1-2H3,(H,20,23);2*1H. The predicted molar refractivity (Wildman–Crippen MR) is 105 cm³/mol. The number of carbonyl (C=O) groups excluding carboxylic acids is 1. The van der Waals surface area contributed by atoms with Crippen molar-refractivity contribution in [3.05, 3.63) is 48.3 Å². The van der Waals surface area contributed by atoms with Crippen LogP contribution in [0, 0.1) is 0 Å². The molecular weight excluding hydrogens is 361 g/mol. The number of likely N-dealkylation sites (N-methyl/N-ethyl adjacent to an activating group) is 1. The summed E-state index contributed by atoms with van der Waals surface area (Å²) in [6.45, 7) is 1.81. The van der Waals surface area contributed by atoms with Gasteiger partial charge in [0.25, 0.3) is 0 Å². The molecule has 1 aliphatic rings. The molecule has 3 rings (SSSR count). The van der Waals surface area contributed by atoms with E-state index in [1.807, 2.05) is 31.4 Å². The molecule has 0 spiro atoms. The molecule has 2 aromatic rings. The first-order chi connectivity index (χ1) is 11.2. The highest BCUT2D eigenvalue weighted by atomic mass is 35.5. The fraction of sp³-hybridized carbons (Fsp3) is 0.412. The van der Waals surface area contributed by atoms with E-state index in [4.69, 9.17) is 0 Å². The van der Waals surface area contributed by atoms with Gasteiger partial charge in [-0.1, -0.05) is 18.2 Å². The Morgan fingerprint density at radius 2 is 2.00 bits per heavy atom. The van der Waals surface area contributed by atoms with Gasteiger partial charge in [-0.05, 0) is 25.6 Å². The van der Waals surface area contributed by atoms with Crippen LogP contribution in [0.2, 0.25) is 0 Å². The monoisotopic (exact) mass is 385 g/mol. The molecule has 2 unspecified atom stereocenters. The van der Waals surface area contributed by atoms with E-state index in [0.29, 0.717) is 0 Å². The zero-order valence-corrected chi connectivity index (χ0v) is 16.0. The number of benzene rings is 1. The minimum atomic E-state index is -0.366. The highest BCUT2D eigenvalue weighted by Gasteiger charge is 2.27. The number of rotatable bonds is 5. The maximum absolute atomic E-state index is 12.6. The van der Waals surface area contributed by atoms with Gasteiger partial charge in [-0.25, -0.2) is 0 Å². The highest BCUT2D eigenvalue weighted by Crippen LogP contribution is 2.20. The van der Waals surface area contributed by atoms with E-state index in [9.17, 15) is 4.79 Å². The van der Waals surface area contributed by atoms with E-state index in [1.165, 1.54) is 5.69 Å². The van der Waals surface area contributed by atoms with Crippen LogP contribution in [-0.4, -0.2) is 41.9 Å². The van der Waals surface area contributed by atoms with Crippen LogP contribution < -0.4 is 15.5 Å². The van der Waals surface area contributed by atoms with Gasteiger partial charge >= 0.3 is 0 Å². The molecule has 2 atom stereocenters. The molecule has 1 aromatic carbocycles. The average molecular weight is 386 g/mol. The van der Waals surface area contributed by atoms with E-state index < -0.39 is 0 Å². The van der Waals surface area contributed by atoms with E-state index in [2.05, 4.69) is 32.8 Å². The van der Waals surface area contributed by atoms with Gasteiger partial charge in [-0.2, -0.15) is 5.10 Å². The van der Waals surface area contributed by atoms with Gasteiger partial charge in [0, 0.05) is 43.6 Å². The van der Waals surface area contributed by atoms with E-state index in [1.54, 1.807) is 17.9 Å². The lowest BCUT2D eigenvalue weighted by molar-refractivity contribution is -0.123. The average Bonchev–Trinajstić information content (AvgIpc) is 3.18. The number of aryl methyl sites for hydroxylation is 1. The molecule has 0 aliphatic carbocycles. The number of anilines is 1. The number of para-hydroxylation sites is 1. The Hall–Kier alpha value is -1.76. The quantitative estimate of drug-likeness (QED) is 0.825. The fourth-order valence-corrected chi connectivity index (χ4v) is 3.07. The first kappa shape index (κ1) is 21.3. The Morgan fingerprint density at radius 3 is 2.60 bits per heavy atom. The van der Waals surface area contributed by atoms with Crippen molar-refractivity contribution in [2.24, 2.45) is 7.05 Å². The Kier molecular flexibility index (Phi) is 8.22. The molecule has 138 valence electrons. The topological polar surface area (TPSA) is 62.2 Å². The molecule has 2 N–H and O–H groups in total. The van der Waals surface area contributed by atoms with Crippen LogP contribution in [0.3, 0.4) is 0 Å². The Labute approximate surface area is 160 Å². The number of carbonyl (C=O) groups is 1. The van der Waals surface area contributed by atoms with Gasteiger partial charge < -0.3 is 15.5 Å².